The Labute approximate surface area is 128 Å². The minimum atomic E-state index is 0.793. The molecule has 0 radical (unpaired) electrons. The van der Waals surface area contributed by atoms with E-state index in [1.807, 2.05) is 31.3 Å². The molecule has 0 aliphatic heterocycles. The van der Waals surface area contributed by atoms with Crippen molar-refractivity contribution in [3.63, 3.8) is 0 Å². The Kier molecular flexibility index (Phi) is 10.1. The summed E-state index contributed by atoms with van der Waals surface area (Å²) in [4.78, 5) is 8.87. The monoisotopic (exact) mass is 292 g/mol. The van der Waals surface area contributed by atoms with Gasteiger partial charge in [0.1, 0.15) is 0 Å². The maximum atomic E-state index is 5.32. The number of hydrogen-bond acceptors (Lipinski definition) is 3. The number of guanidine groups is 1. The summed E-state index contributed by atoms with van der Waals surface area (Å²) in [6, 6.07) is 5.99. The predicted molar refractivity (Wildman–Crippen MR) is 87.6 cm³/mol. The first kappa shape index (κ1) is 17.4. The zero-order chi connectivity index (χ0) is 15.2. The lowest BCUT2D eigenvalue weighted by molar-refractivity contribution is 0.144. The van der Waals surface area contributed by atoms with Gasteiger partial charge in [-0.2, -0.15) is 0 Å². The second-order valence-corrected chi connectivity index (χ2v) is 4.66. The summed E-state index contributed by atoms with van der Waals surface area (Å²) in [5, 5.41) is 6.60. The van der Waals surface area contributed by atoms with Gasteiger partial charge in [-0.15, -0.1) is 0 Å². The van der Waals surface area contributed by atoms with Crippen molar-refractivity contribution in [2.75, 3.05) is 32.8 Å². The Hall–Kier alpha value is -1.62. The SMILES string of the molecule is CCNC(=NCCCCOCC)NCCc1ccccn1. The lowest BCUT2D eigenvalue weighted by atomic mass is 10.3. The summed E-state index contributed by atoms with van der Waals surface area (Å²) in [7, 11) is 0. The Morgan fingerprint density at radius 1 is 1.24 bits per heavy atom. The molecule has 0 fully saturated rings. The molecule has 1 aromatic rings. The van der Waals surface area contributed by atoms with E-state index in [9.17, 15) is 0 Å². The summed E-state index contributed by atoms with van der Waals surface area (Å²) >= 11 is 0. The summed E-state index contributed by atoms with van der Waals surface area (Å²) < 4.78 is 5.32. The van der Waals surface area contributed by atoms with Gasteiger partial charge in [0.15, 0.2) is 5.96 Å². The molecule has 0 aliphatic rings. The van der Waals surface area contributed by atoms with E-state index in [1.54, 1.807) is 0 Å². The Bertz CT molecular complexity index is 381. The third-order valence-electron chi connectivity index (χ3n) is 2.91. The Morgan fingerprint density at radius 3 is 2.86 bits per heavy atom. The van der Waals surface area contributed by atoms with Crippen LogP contribution < -0.4 is 10.6 Å². The highest BCUT2D eigenvalue weighted by Gasteiger charge is 1.98. The maximum Gasteiger partial charge on any atom is 0.191 e. The van der Waals surface area contributed by atoms with Gasteiger partial charge in [-0.05, 0) is 38.8 Å². The fraction of sp³-hybridized carbons (Fsp3) is 0.625. The Morgan fingerprint density at radius 2 is 2.14 bits per heavy atom. The van der Waals surface area contributed by atoms with Crippen LogP contribution in [-0.2, 0) is 11.2 Å². The van der Waals surface area contributed by atoms with Crippen molar-refractivity contribution in [1.29, 1.82) is 0 Å². The fourth-order valence-corrected chi connectivity index (χ4v) is 1.85. The van der Waals surface area contributed by atoms with Crippen LogP contribution in [0.4, 0.5) is 0 Å². The number of hydrogen-bond donors (Lipinski definition) is 2. The highest BCUT2D eigenvalue weighted by Crippen LogP contribution is 1.94. The van der Waals surface area contributed by atoms with Gasteiger partial charge in [0, 0.05) is 51.2 Å². The molecule has 21 heavy (non-hydrogen) atoms. The summed E-state index contributed by atoms with van der Waals surface area (Å²) in [6.45, 7) is 8.25. The van der Waals surface area contributed by atoms with E-state index in [0.29, 0.717) is 0 Å². The summed E-state index contributed by atoms with van der Waals surface area (Å²) in [5.74, 6) is 0.879. The molecule has 0 aliphatic carbocycles. The molecule has 0 bridgehead atoms. The number of nitrogens with zero attached hydrogens (tertiary/aromatic N) is 2. The van der Waals surface area contributed by atoms with Crippen molar-refractivity contribution in [1.82, 2.24) is 15.6 Å². The molecule has 118 valence electrons. The summed E-state index contributed by atoms with van der Waals surface area (Å²) in [6.07, 6.45) is 4.84. The number of nitrogens with one attached hydrogen (secondary N) is 2. The molecule has 1 heterocycles. The molecule has 0 unspecified atom stereocenters. The first-order valence-electron chi connectivity index (χ1n) is 7.86. The first-order chi connectivity index (χ1) is 10.4. The van der Waals surface area contributed by atoms with E-state index in [4.69, 9.17) is 4.74 Å². The molecule has 0 saturated heterocycles. The third kappa shape index (κ3) is 9.02. The number of pyridine rings is 1. The molecule has 0 aromatic carbocycles. The standard InChI is InChI=1S/C16H28N4O/c1-3-17-16(19-12-7-8-14-21-4-2)20-13-10-15-9-5-6-11-18-15/h5-6,9,11H,3-4,7-8,10,12-14H2,1-2H3,(H2,17,19,20). The van der Waals surface area contributed by atoms with E-state index in [-0.39, 0.29) is 0 Å². The topological polar surface area (TPSA) is 58.5 Å². The molecular weight excluding hydrogens is 264 g/mol. The van der Waals surface area contributed by atoms with E-state index in [2.05, 4.69) is 27.5 Å². The number of aromatic nitrogens is 1. The minimum Gasteiger partial charge on any atom is -0.382 e. The first-order valence-corrected chi connectivity index (χ1v) is 7.86. The quantitative estimate of drug-likeness (QED) is 0.393. The fourth-order valence-electron chi connectivity index (χ4n) is 1.85. The highest BCUT2D eigenvalue weighted by molar-refractivity contribution is 5.79. The van der Waals surface area contributed by atoms with Crippen LogP contribution >= 0.6 is 0 Å². The van der Waals surface area contributed by atoms with Gasteiger partial charge in [0.05, 0.1) is 0 Å². The van der Waals surface area contributed by atoms with Gasteiger partial charge in [-0.1, -0.05) is 6.07 Å². The van der Waals surface area contributed by atoms with Crippen molar-refractivity contribution in [3.05, 3.63) is 30.1 Å². The lowest BCUT2D eigenvalue weighted by Gasteiger charge is -2.11. The molecule has 5 nitrogen and oxygen atoms in total. The Balaban J connectivity index is 2.22. The zero-order valence-electron chi connectivity index (χ0n) is 13.3. The highest BCUT2D eigenvalue weighted by atomic mass is 16.5. The average Bonchev–Trinajstić information content (AvgIpc) is 2.51. The maximum absolute atomic E-state index is 5.32. The van der Waals surface area contributed by atoms with Gasteiger partial charge in [-0.3, -0.25) is 9.98 Å². The molecule has 0 saturated carbocycles. The zero-order valence-corrected chi connectivity index (χ0v) is 13.3. The third-order valence-corrected chi connectivity index (χ3v) is 2.91. The minimum absolute atomic E-state index is 0.793. The predicted octanol–water partition coefficient (Wildman–Crippen LogP) is 2.00. The van der Waals surface area contributed by atoms with E-state index < -0.39 is 0 Å². The van der Waals surface area contributed by atoms with Gasteiger partial charge in [0.2, 0.25) is 0 Å². The van der Waals surface area contributed by atoms with Crippen LogP contribution in [0.15, 0.2) is 29.4 Å². The molecule has 0 spiro atoms. The van der Waals surface area contributed by atoms with Gasteiger partial charge < -0.3 is 15.4 Å². The van der Waals surface area contributed by atoms with Crippen molar-refractivity contribution in [2.45, 2.75) is 33.1 Å². The van der Waals surface area contributed by atoms with Crippen LogP contribution in [0.2, 0.25) is 0 Å². The van der Waals surface area contributed by atoms with Crippen LogP contribution in [0, 0.1) is 0 Å². The van der Waals surface area contributed by atoms with Gasteiger partial charge in [0.25, 0.3) is 0 Å². The van der Waals surface area contributed by atoms with Crippen LogP contribution in [-0.4, -0.2) is 43.8 Å². The second-order valence-electron chi connectivity index (χ2n) is 4.66. The molecule has 5 heteroatoms. The van der Waals surface area contributed by atoms with E-state index >= 15 is 0 Å². The van der Waals surface area contributed by atoms with Crippen molar-refractivity contribution >= 4 is 5.96 Å². The van der Waals surface area contributed by atoms with Gasteiger partial charge in [-0.25, -0.2) is 0 Å². The molecule has 1 aromatic heterocycles. The van der Waals surface area contributed by atoms with Gasteiger partial charge >= 0.3 is 0 Å². The molecule has 0 amide bonds. The molecular formula is C16H28N4O. The van der Waals surface area contributed by atoms with Crippen molar-refractivity contribution in [2.24, 2.45) is 4.99 Å². The van der Waals surface area contributed by atoms with Crippen molar-refractivity contribution in [3.8, 4) is 0 Å². The second kappa shape index (κ2) is 12.1. The van der Waals surface area contributed by atoms with Crippen molar-refractivity contribution < 1.29 is 4.74 Å². The number of aliphatic imine (C=N–C) groups is 1. The van der Waals surface area contributed by atoms with Crippen LogP contribution in [0.5, 0.6) is 0 Å². The smallest absolute Gasteiger partial charge is 0.191 e. The number of ether oxygens (including phenoxy) is 1. The van der Waals surface area contributed by atoms with E-state index in [0.717, 1.165) is 63.8 Å². The van der Waals surface area contributed by atoms with Crippen LogP contribution in [0.1, 0.15) is 32.4 Å². The number of rotatable bonds is 10. The average molecular weight is 292 g/mol. The lowest BCUT2D eigenvalue weighted by Crippen LogP contribution is -2.38. The summed E-state index contributed by atoms with van der Waals surface area (Å²) in [5.41, 5.74) is 1.09. The normalized spacial score (nSPS) is 11.4. The largest absolute Gasteiger partial charge is 0.382 e. The molecule has 1 rings (SSSR count). The van der Waals surface area contributed by atoms with Crippen LogP contribution in [0.25, 0.3) is 0 Å². The van der Waals surface area contributed by atoms with E-state index in [1.165, 1.54) is 0 Å². The molecule has 2 N–H and O–H groups in total. The molecule has 0 atom stereocenters. The van der Waals surface area contributed by atoms with Crippen LogP contribution in [0.3, 0.4) is 0 Å². The number of unbranched alkanes of at least 4 members (excludes halogenated alkanes) is 1.